The second-order valence-corrected chi connectivity index (χ2v) is 9.74. The lowest BCUT2D eigenvalue weighted by molar-refractivity contribution is -0.136. The van der Waals surface area contributed by atoms with E-state index in [1.165, 1.54) is 18.2 Å². The van der Waals surface area contributed by atoms with Crippen molar-refractivity contribution in [3.63, 3.8) is 0 Å². The van der Waals surface area contributed by atoms with Crippen molar-refractivity contribution in [3.05, 3.63) is 68.5 Å². The number of aryl methyl sites for hydroxylation is 2. The number of hydrogen-bond acceptors (Lipinski definition) is 6. The second kappa shape index (κ2) is 9.44. The number of halogens is 1. The summed E-state index contributed by atoms with van der Waals surface area (Å²) < 4.78 is 38.6. The van der Waals surface area contributed by atoms with Gasteiger partial charge in [-0.25, -0.2) is 18.0 Å². The highest BCUT2D eigenvalue weighted by molar-refractivity contribution is 7.89. The first-order valence-electron chi connectivity index (χ1n) is 10.1. The van der Waals surface area contributed by atoms with Gasteiger partial charge in [0, 0.05) is 17.0 Å². The van der Waals surface area contributed by atoms with E-state index in [0.717, 1.165) is 5.56 Å². The fourth-order valence-electron chi connectivity index (χ4n) is 3.19. The third kappa shape index (κ3) is 5.03. The van der Waals surface area contributed by atoms with Crippen LogP contribution in [0.15, 0.2) is 50.5 Å². The Morgan fingerprint density at radius 2 is 1.78 bits per heavy atom. The highest BCUT2D eigenvalue weighted by atomic mass is 35.5. The number of rotatable bonds is 7. The maximum Gasteiger partial charge on any atom is 0.339 e. The van der Waals surface area contributed by atoms with Gasteiger partial charge < -0.3 is 9.15 Å². The Morgan fingerprint density at radius 1 is 1.12 bits per heavy atom. The quantitative estimate of drug-likeness (QED) is 0.307. The molecule has 0 fully saturated rings. The van der Waals surface area contributed by atoms with E-state index >= 15 is 0 Å². The molecule has 3 aromatic rings. The molecule has 0 saturated carbocycles. The summed E-state index contributed by atoms with van der Waals surface area (Å²) in [5.74, 6) is -0.832. The summed E-state index contributed by atoms with van der Waals surface area (Å²) in [7, 11) is -3.94. The van der Waals surface area contributed by atoms with Crippen LogP contribution in [0, 0.1) is 20.8 Å². The maximum atomic E-state index is 12.8. The van der Waals surface area contributed by atoms with Gasteiger partial charge in [-0.1, -0.05) is 42.6 Å². The summed E-state index contributed by atoms with van der Waals surface area (Å²) in [6.07, 6.45) is 0.761. The third-order valence-electron chi connectivity index (χ3n) is 5.21. The van der Waals surface area contributed by atoms with E-state index in [9.17, 15) is 18.0 Å². The molecule has 1 unspecified atom stereocenters. The van der Waals surface area contributed by atoms with Gasteiger partial charge in [0.25, 0.3) is 0 Å². The van der Waals surface area contributed by atoms with Crippen LogP contribution in [0.1, 0.15) is 36.5 Å². The van der Waals surface area contributed by atoms with E-state index < -0.39 is 27.7 Å². The fourth-order valence-corrected chi connectivity index (χ4v) is 4.61. The number of esters is 1. The zero-order chi connectivity index (χ0) is 23.6. The number of hydrogen-bond donors (Lipinski definition) is 1. The van der Waals surface area contributed by atoms with Crippen molar-refractivity contribution in [2.75, 3.05) is 0 Å². The molecule has 0 bridgehead atoms. The van der Waals surface area contributed by atoms with Gasteiger partial charge in [-0.2, -0.15) is 4.72 Å². The summed E-state index contributed by atoms with van der Waals surface area (Å²) in [6.45, 7) is 7.09. The molecule has 0 aliphatic rings. The van der Waals surface area contributed by atoms with Gasteiger partial charge in [0.1, 0.15) is 11.6 Å². The Kier molecular flexibility index (Phi) is 7.07. The van der Waals surface area contributed by atoms with Crippen LogP contribution in [0.2, 0.25) is 5.02 Å². The van der Waals surface area contributed by atoms with Crippen molar-refractivity contribution < 1.29 is 22.4 Å². The van der Waals surface area contributed by atoms with Crippen LogP contribution >= 0.6 is 11.6 Å². The summed E-state index contributed by atoms with van der Waals surface area (Å²) in [5.41, 5.74) is 1.82. The molecular formula is C23H24ClNO6S. The van der Waals surface area contributed by atoms with Crippen LogP contribution in [0.3, 0.4) is 0 Å². The average molecular weight is 478 g/mol. The van der Waals surface area contributed by atoms with Crippen molar-refractivity contribution in [3.8, 4) is 5.75 Å². The van der Waals surface area contributed by atoms with Crippen molar-refractivity contribution >= 4 is 38.6 Å². The van der Waals surface area contributed by atoms with Gasteiger partial charge in [-0.15, -0.1) is 0 Å². The van der Waals surface area contributed by atoms with Gasteiger partial charge in [0.15, 0.2) is 5.75 Å². The van der Waals surface area contributed by atoms with Crippen LogP contribution in [0.5, 0.6) is 5.75 Å². The fraction of sp³-hybridized carbons (Fsp3) is 0.304. The summed E-state index contributed by atoms with van der Waals surface area (Å²) in [4.78, 5) is 24.9. The molecule has 0 saturated heterocycles. The summed E-state index contributed by atoms with van der Waals surface area (Å²) in [5, 5.41) is 0.760. The zero-order valence-corrected chi connectivity index (χ0v) is 19.8. The lowest BCUT2D eigenvalue weighted by Crippen LogP contribution is -2.42. The molecule has 2 aromatic carbocycles. The molecule has 1 N–H and O–H groups in total. The Balaban J connectivity index is 1.89. The van der Waals surface area contributed by atoms with Crippen LogP contribution in [-0.4, -0.2) is 20.4 Å². The molecular weight excluding hydrogens is 454 g/mol. The molecule has 3 rings (SSSR count). The number of nitrogens with one attached hydrogen (secondary N) is 1. The van der Waals surface area contributed by atoms with Gasteiger partial charge in [-0.3, -0.25) is 0 Å². The van der Waals surface area contributed by atoms with E-state index in [-0.39, 0.29) is 27.7 Å². The maximum absolute atomic E-state index is 12.8. The minimum absolute atomic E-state index is 0.0220. The second-order valence-electron chi connectivity index (χ2n) is 7.62. The van der Waals surface area contributed by atoms with E-state index in [2.05, 4.69) is 4.72 Å². The first-order chi connectivity index (χ1) is 15.0. The molecule has 32 heavy (non-hydrogen) atoms. The van der Waals surface area contributed by atoms with Crippen molar-refractivity contribution in [1.29, 1.82) is 0 Å². The lowest BCUT2D eigenvalue weighted by Gasteiger charge is -2.18. The Morgan fingerprint density at radius 3 is 2.41 bits per heavy atom. The first-order valence-corrected chi connectivity index (χ1v) is 11.9. The van der Waals surface area contributed by atoms with E-state index in [1.54, 1.807) is 32.0 Å². The van der Waals surface area contributed by atoms with Crippen LogP contribution in [0.25, 0.3) is 11.0 Å². The number of fused-ring (bicyclic) bond motifs is 1. The SMILES string of the molecule is CCCC(NS(=O)(=O)c1ccc(C)cc1)C(=O)Oc1cc2oc(=O)c(C)c(C)c2cc1Cl. The van der Waals surface area contributed by atoms with Crippen molar-refractivity contribution in [2.24, 2.45) is 0 Å². The highest BCUT2D eigenvalue weighted by Gasteiger charge is 2.27. The Hall–Kier alpha value is -2.68. The third-order valence-corrected chi connectivity index (χ3v) is 6.99. The van der Waals surface area contributed by atoms with Crippen LogP contribution in [-0.2, 0) is 14.8 Å². The lowest BCUT2D eigenvalue weighted by atomic mass is 10.1. The summed E-state index contributed by atoms with van der Waals surface area (Å²) >= 11 is 6.30. The molecule has 7 nitrogen and oxygen atoms in total. The monoisotopic (exact) mass is 477 g/mol. The highest BCUT2D eigenvalue weighted by Crippen LogP contribution is 2.32. The molecule has 170 valence electrons. The smallest absolute Gasteiger partial charge is 0.339 e. The number of benzene rings is 2. The molecule has 0 aliphatic carbocycles. The predicted molar refractivity (Wildman–Crippen MR) is 123 cm³/mol. The summed E-state index contributed by atoms with van der Waals surface area (Å²) in [6, 6.07) is 8.08. The van der Waals surface area contributed by atoms with Crippen molar-refractivity contribution in [1.82, 2.24) is 4.72 Å². The van der Waals surface area contributed by atoms with Gasteiger partial charge in [0.2, 0.25) is 10.0 Å². The van der Waals surface area contributed by atoms with Crippen LogP contribution in [0.4, 0.5) is 0 Å². The zero-order valence-electron chi connectivity index (χ0n) is 18.2. The number of carbonyl (C=O) groups is 1. The number of sulfonamides is 1. The molecule has 1 atom stereocenters. The molecule has 9 heteroatoms. The molecule has 0 aliphatic heterocycles. The molecule has 0 radical (unpaired) electrons. The van der Waals surface area contributed by atoms with E-state index in [0.29, 0.717) is 22.9 Å². The minimum atomic E-state index is -3.94. The molecule has 1 aromatic heterocycles. The van der Waals surface area contributed by atoms with Gasteiger partial charge in [0.05, 0.1) is 9.92 Å². The average Bonchev–Trinajstić information content (AvgIpc) is 2.73. The largest absolute Gasteiger partial charge is 0.424 e. The molecule has 1 heterocycles. The Labute approximate surface area is 191 Å². The molecule has 0 spiro atoms. The van der Waals surface area contributed by atoms with Crippen molar-refractivity contribution in [2.45, 2.75) is 51.5 Å². The predicted octanol–water partition coefficient (Wildman–Crippen LogP) is 4.42. The first kappa shape index (κ1) is 24.0. The Bertz CT molecular complexity index is 1330. The van der Waals surface area contributed by atoms with E-state index in [1.807, 2.05) is 13.8 Å². The van der Waals surface area contributed by atoms with E-state index in [4.69, 9.17) is 20.8 Å². The minimum Gasteiger partial charge on any atom is -0.424 e. The van der Waals surface area contributed by atoms with Gasteiger partial charge >= 0.3 is 11.6 Å². The molecule has 0 amide bonds. The van der Waals surface area contributed by atoms with Gasteiger partial charge in [-0.05, 0) is 51.0 Å². The topological polar surface area (TPSA) is 103 Å². The standard InChI is InChI=1S/C23H24ClNO6S/c1-5-6-19(25-32(28,29)16-9-7-13(2)8-10-16)23(27)31-21-12-20-17(11-18(21)24)14(3)15(4)22(26)30-20/h7-12,19,25H,5-6H2,1-4H3. The number of ether oxygens (including phenoxy) is 1. The normalized spacial score (nSPS) is 12.7. The number of carbonyl (C=O) groups excluding carboxylic acids is 1. The van der Waals surface area contributed by atoms with Crippen LogP contribution < -0.4 is 15.1 Å².